The van der Waals surface area contributed by atoms with Gasteiger partial charge in [-0.3, -0.25) is 9.59 Å². The van der Waals surface area contributed by atoms with Crippen molar-refractivity contribution in [3.05, 3.63) is 16.6 Å². The minimum atomic E-state index is -0.206. The zero-order valence-electron chi connectivity index (χ0n) is 11.3. The van der Waals surface area contributed by atoms with Crippen molar-refractivity contribution >= 4 is 33.4 Å². The molecule has 0 aliphatic carbocycles. The molecule has 1 aromatic carbocycles. The number of hydrogen-bond acceptors (Lipinski definition) is 4. The molecule has 21 heavy (non-hydrogen) atoms. The van der Waals surface area contributed by atoms with Crippen molar-refractivity contribution in [2.24, 2.45) is 5.92 Å². The highest BCUT2D eigenvalue weighted by Crippen LogP contribution is 2.38. The van der Waals surface area contributed by atoms with E-state index in [0.29, 0.717) is 49.8 Å². The molecule has 112 valence electrons. The van der Waals surface area contributed by atoms with Crippen LogP contribution in [0, 0.1) is 5.92 Å². The highest BCUT2D eigenvalue weighted by Gasteiger charge is 2.25. The fourth-order valence-corrected chi connectivity index (χ4v) is 2.77. The highest BCUT2D eigenvalue weighted by atomic mass is 79.9. The maximum Gasteiger partial charge on any atom is 0.229 e. The van der Waals surface area contributed by atoms with Gasteiger partial charge in [-0.2, -0.15) is 0 Å². The van der Waals surface area contributed by atoms with Crippen molar-refractivity contribution in [1.82, 2.24) is 5.32 Å². The van der Waals surface area contributed by atoms with Gasteiger partial charge in [0.2, 0.25) is 11.8 Å². The third-order valence-electron chi connectivity index (χ3n) is 3.53. The molecule has 1 unspecified atom stereocenters. The minimum absolute atomic E-state index is 0.000407. The second-order valence-corrected chi connectivity index (χ2v) is 5.86. The van der Waals surface area contributed by atoms with E-state index in [4.69, 9.17) is 9.47 Å². The van der Waals surface area contributed by atoms with Gasteiger partial charge in [0, 0.05) is 29.6 Å². The van der Waals surface area contributed by atoms with E-state index in [-0.39, 0.29) is 17.7 Å². The Kier molecular flexibility index (Phi) is 4.01. The van der Waals surface area contributed by atoms with Crippen molar-refractivity contribution in [3.8, 4) is 11.5 Å². The highest BCUT2D eigenvalue weighted by molar-refractivity contribution is 9.10. The third-order valence-corrected chi connectivity index (χ3v) is 4.18. The number of piperidine rings is 1. The fraction of sp³-hybridized carbons (Fsp3) is 0.429. The SMILES string of the molecule is O=C1CCC(C(=O)Nc2cc3c(cc2Br)OCCO3)CN1. The Morgan fingerprint density at radius 3 is 2.67 bits per heavy atom. The quantitative estimate of drug-likeness (QED) is 0.847. The molecular formula is C14H15BrN2O4. The number of rotatable bonds is 2. The van der Waals surface area contributed by atoms with E-state index in [1.54, 1.807) is 12.1 Å². The molecular weight excluding hydrogens is 340 g/mol. The van der Waals surface area contributed by atoms with Gasteiger partial charge < -0.3 is 20.1 Å². The zero-order chi connectivity index (χ0) is 14.8. The van der Waals surface area contributed by atoms with Crippen molar-refractivity contribution < 1.29 is 19.1 Å². The second kappa shape index (κ2) is 5.93. The molecule has 2 aliphatic rings. The zero-order valence-corrected chi connectivity index (χ0v) is 12.9. The fourth-order valence-electron chi connectivity index (χ4n) is 2.35. The van der Waals surface area contributed by atoms with Crippen LogP contribution in [0.15, 0.2) is 16.6 Å². The van der Waals surface area contributed by atoms with Gasteiger partial charge in [0.1, 0.15) is 13.2 Å². The largest absolute Gasteiger partial charge is 0.486 e. The summed E-state index contributed by atoms with van der Waals surface area (Å²) in [5.74, 6) is 0.975. The Balaban J connectivity index is 1.72. The molecule has 1 saturated heterocycles. The summed E-state index contributed by atoms with van der Waals surface area (Å²) in [6.45, 7) is 1.40. The number of amides is 2. The molecule has 2 amide bonds. The van der Waals surface area contributed by atoms with E-state index in [1.807, 2.05) is 0 Å². The lowest BCUT2D eigenvalue weighted by Crippen LogP contribution is -2.40. The number of halogens is 1. The van der Waals surface area contributed by atoms with Crippen LogP contribution in [0.2, 0.25) is 0 Å². The molecule has 0 saturated carbocycles. The van der Waals surface area contributed by atoms with Gasteiger partial charge in [-0.15, -0.1) is 0 Å². The van der Waals surface area contributed by atoms with E-state index < -0.39 is 0 Å². The Morgan fingerprint density at radius 2 is 2.00 bits per heavy atom. The van der Waals surface area contributed by atoms with Gasteiger partial charge in [0.15, 0.2) is 11.5 Å². The molecule has 2 N–H and O–H groups in total. The molecule has 0 radical (unpaired) electrons. The van der Waals surface area contributed by atoms with Gasteiger partial charge >= 0.3 is 0 Å². The summed E-state index contributed by atoms with van der Waals surface area (Å²) in [6, 6.07) is 3.53. The number of benzene rings is 1. The number of fused-ring (bicyclic) bond motifs is 1. The van der Waals surface area contributed by atoms with Gasteiger partial charge in [-0.25, -0.2) is 0 Å². The van der Waals surface area contributed by atoms with Crippen LogP contribution in [-0.2, 0) is 9.59 Å². The number of carbonyl (C=O) groups excluding carboxylic acids is 2. The number of ether oxygens (including phenoxy) is 2. The maximum absolute atomic E-state index is 12.2. The molecule has 1 fully saturated rings. The summed E-state index contributed by atoms with van der Waals surface area (Å²) in [6.07, 6.45) is 0.959. The normalized spacial score (nSPS) is 20.6. The van der Waals surface area contributed by atoms with Crippen LogP contribution in [-0.4, -0.2) is 31.6 Å². The van der Waals surface area contributed by atoms with Crippen LogP contribution in [0.5, 0.6) is 11.5 Å². The average molecular weight is 355 g/mol. The lowest BCUT2D eigenvalue weighted by atomic mass is 9.98. The molecule has 0 aromatic heterocycles. The second-order valence-electron chi connectivity index (χ2n) is 5.00. The molecule has 0 spiro atoms. The van der Waals surface area contributed by atoms with E-state index in [2.05, 4.69) is 26.6 Å². The van der Waals surface area contributed by atoms with Crippen molar-refractivity contribution in [2.75, 3.05) is 25.1 Å². The molecule has 0 bridgehead atoms. The predicted molar refractivity (Wildman–Crippen MR) is 79.5 cm³/mol. The minimum Gasteiger partial charge on any atom is -0.486 e. The lowest BCUT2D eigenvalue weighted by Gasteiger charge is -2.23. The van der Waals surface area contributed by atoms with Gasteiger partial charge in [0.05, 0.1) is 11.6 Å². The Bertz CT molecular complexity index is 581. The van der Waals surface area contributed by atoms with Crippen LogP contribution in [0.4, 0.5) is 5.69 Å². The predicted octanol–water partition coefficient (Wildman–Crippen LogP) is 1.68. The number of carbonyl (C=O) groups is 2. The monoisotopic (exact) mass is 354 g/mol. The summed E-state index contributed by atoms with van der Waals surface area (Å²) in [7, 11) is 0. The van der Waals surface area contributed by atoms with Gasteiger partial charge in [-0.1, -0.05) is 0 Å². The van der Waals surface area contributed by atoms with Crippen molar-refractivity contribution in [3.63, 3.8) is 0 Å². The van der Waals surface area contributed by atoms with Gasteiger partial charge in [-0.05, 0) is 22.4 Å². The first-order valence-electron chi connectivity index (χ1n) is 6.80. The summed E-state index contributed by atoms with van der Waals surface area (Å²) in [5, 5.41) is 5.58. The van der Waals surface area contributed by atoms with Crippen LogP contribution < -0.4 is 20.1 Å². The van der Waals surface area contributed by atoms with Crippen LogP contribution in [0.3, 0.4) is 0 Å². The lowest BCUT2D eigenvalue weighted by molar-refractivity contribution is -0.126. The van der Waals surface area contributed by atoms with Crippen molar-refractivity contribution in [2.45, 2.75) is 12.8 Å². The summed E-state index contributed by atoms with van der Waals surface area (Å²) >= 11 is 3.42. The topological polar surface area (TPSA) is 76.7 Å². The van der Waals surface area contributed by atoms with E-state index in [9.17, 15) is 9.59 Å². The molecule has 2 aliphatic heterocycles. The van der Waals surface area contributed by atoms with E-state index >= 15 is 0 Å². The average Bonchev–Trinajstić information content (AvgIpc) is 2.48. The Hall–Kier alpha value is -1.76. The molecule has 1 atom stereocenters. The summed E-state index contributed by atoms with van der Waals surface area (Å²) in [4.78, 5) is 23.4. The first-order chi connectivity index (χ1) is 10.1. The molecule has 3 rings (SSSR count). The van der Waals surface area contributed by atoms with E-state index in [0.717, 1.165) is 4.47 Å². The van der Waals surface area contributed by atoms with Gasteiger partial charge in [0.25, 0.3) is 0 Å². The Labute approximate surface area is 130 Å². The van der Waals surface area contributed by atoms with Crippen LogP contribution in [0.1, 0.15) is 12.8 Å². The molecule has 1 aromatic rings. The number of hydrogen-bond donors (Lipinski definition) is 2. The third kappa shape index (κ3) is 3.12. The van der Waals surface area contributed by atoms with Crippen molar-refractivity contribution in [1.29, 1.82) is 0 Å². The molecule has 7 heteroatoms. The van der Waals surface area contributed by atoms with Crippen LogP contribution >= 0.6 is 15.9 Å². The molecule has 6 nitrogen and oxygen atoms in total. The van der Waals surface area contributed by atoms with Crippen LogP contribution in [0.25, 0.3) is 0 Å². The number of anilines is 1. The Morgan fingerprint density at radius 1 is 1.29 bits per heavy atom. The smallest absolute Gasteiger partial charge is 0.229 e. The number of nitrogens with one attached hydrogen (secondary N) is 2. The first-order valence-corrected chi connectivity index (χ1v) is 7.59. The standard InChI is InChI=1S/C14H15BrN2O4/c15-9-5-11-12(21-4-3-20-11)6-10(9)17-14(19)8-1-2-13(18)16-7-8/h5-6,8H,1-4,7H2,(H,16,18)(H,17,19). The summed E-state index contributed by atoms with van der Waals surface area (Å²) in [5.41, 5.74) is 0.640. The first kappa shape index (κ1) is 14.2. The van der Waals surface area contributed by atoms with E-state index in [1.165, 1.54) is 0 Å². The molecule has 2 heterocycles. The summed E-state index contributed by atoms with van der Waals surface area (Å²) < 4.78 is 11.7. The maximum atomic E-state index is 12.2.